The lowest BCUT2D eigenvalue weighted by Gasteiger charge is -2.20. The highest BCUT2D eigenvalue weighted by Crippen LogP contribution is 2.26. The molecular weight excluding hydrogens is 445 g/mol. The van der Waals surface area contributed by atoms with E-state index in [9.17, 15) is 14.0 Å². The zero-order valence-corrected chi connectivity index (χ0v) is 19.3. The lowest BCUT2D eigenvalue weighted by molar-refractivity contribution is -0.119. The Morgan fingerprint density at radius 3 is 2.40 bits per heavy atom. The number of Topliss-reactive ketones (excluding diaryl/α,β-unsaturated/α-hetero) is 1. The summed E-state index contributed by atoms with van der Waals surface area (Å²) in [5.74, 6) is -0.547. The number of aryl methyl sites for hydroxylation is 1. The number of anilines is 1. The molecule has 0 heterocycles. The molecule has 4 aromatic rings. The molecule has 0 aliphatic heterocycles. The van der Waals surface area contributed by atoms with E-state index >= 15 is 0 Å². The fraction of sp³-hybridized carbons (Fsp3) is 0.172. The molecule has 1 atom stereocenters. The summed E-state index contributed by atoms with van der Waals surface area (Å²) in [6.07, 6.45) is 1.13. The number of ether oxygens (including phenoxy) is 1. The number of carbonyl (C=O) groups is 2. The lowest BCUT2D eigenvalue weighted by atomic mass is 9.97. The van der Waals surface area contributed by atoms with Crippen LogP contribution in [0.4, 0.5) is 10.1 Å². The molecule has 5 nitrogen and oxygen atoms in total. The fourth-order valence-corrected chi connectivity index (χ4v) is 4.06. The maximum atomic E-state index is 13.9. The standard InChI is InChI=1S/C29H26FNO4/c1-35-27-14-10-21-15-19(5-7-22(21)17-27)6-13-26(32)18-28(23-3-2-4-24(30)16-23)31-25-11-8-20(9-12-25)29(33)34/h2-5,7-12,14-17,28,31H,6,13,18H2,1H3,(H,33,34). The van der Waals surface area contributed by atoms with Crippen molar-refractivity contribution in [3.05, 3.63) is 107 Å². The van der Waals surface area contributed by atoms with Crippen LogP contribution in [0.15, 0.2) is 84.9 Å². The number of benzene rings is 4. The van der Waals surface area contributed by atoms with Crippen LogP contribution in [0.25, 0.3) is 10.8 Å². The van der Waals surface area contributed by atoms with Crippen LogP contribution in [0.1, 0.15) is 40.4 Å². The summed E-state index contributed by atoms with van der Waals surface area (Å²) >= 11 is 0. The number of carbonyl (C=O) groups excluding carboxylic acids is 1. The van der Waals surface area contributed by atoms with Crippen molar-refractivity contribution in [3.63, 3.8) is 0 Å². The summed E-state index contributed by atoms with van der Waals surface area (Å²) in [6, 6.07) is 24.0. The molecule has 178 valence electrons. The number of nitrogens with one attached hydrogen (secondary N) is 1. The van der Waals surface area contributed by atoms with E-state index in [1.165, 1.54) is 24.3 Å². The van der Waals surface area contributed by atoms with Crippen molar-refractivity contribution in [2.45, 2.75) is 25.3 Å². The minimum Gasteiger partial charge on any atom is -0.497 e. The molecule has 0 aliphatic rings. The zero-order valence-electron chi connectivity index (χ0n) is 19.3. The second-order valence-electron chi connectivity index (χ2n) is 8.42. The van der Waals surface area contributed by atoms with Crippen LogP contribution in [-0.2, 0) is 11.2 Å². The molecule has 4 aromatic carbocycles. The van der Waals surface area contributed by atoms with Gasteiger partial charge < -0.3 is 15.2 Å². The molecule has 0 saturated carbocycles. The maximum absolute atomic E-state index is 13.9. The van der Waals surface area contributed by atoms with Crippen molar-refractivity contribution in [3.8, 4) is 5.75 Å². The third kappa shape index (κ3) is 6.23. The van der Waals surface area contributed by atoms with Crippen molar-refractivity contribution < 1.29 is 23.8 Å². The first kappa shape index (κ1) is 24.0. The van der Waals surface area contributed by atoms with E-state index in [0.29, 0.717) is 24.1 Å². The van der Waals surface area contributed by atoms with E-state index in [-0.39, 0.29) is 23.6 Å². The van der Waals surface area contributed by atoms with Gasteiger partial charge in [-0.25, -0.2) is 9.18 Å². The first-order valence-corrected chi connectivity index (χ1v) is 11.3. The van der Waals surface area contributed by atoms with E-state index in [0.717, 1.165) is 22.1 Å². The third-order valence-electron chi connectivity index (χ3n) is 5.96. The van der Waals surface area contributed by atoms with Crippen LogP contribution in [0.5, 0.6) is 5.75 Å². The topological polar surface area (TPSA) is 75.6 Å². The van der Waals surface area contributed by atoms with Gasteiger partial charge in [0.05, 0.1) is 18.7 Å². The molecule has 6 heteroatoms. The molecule has 35 heavy (non-hydrogen) atoms. The first-order chi connectivity index (χ1) is 16.9. The zero-order chi connectivity index (χ0) is 24.8. The van der Waals surface area contributed by atoms with Gasteiger partial charge >= 0.3 is 5.97 Å². The Morgan fingerprint density at radius 1 is 0.943 bits per heavy atom. The number of carboxylic acids is 1. The van der Waals surface area contributed by atoms with Crippen LogP contribution in [0, 0.1) is 5.82 Å². The number of rotatable bonds is 10. The van der Waals surface area contributed by atoms with Crippen molar-refractivity contribution in [2.75, 3.05) is 12.4 Å². The molecule has 0 bridgehead atoms. The second kappa shape index (κ2) is 10.8. The normalized spacial score (nSPS) is 11.7. The van der Waals surface area contributed by atoms with Gasteiger partial charge in [-0.1, -0.05) is 36.4 Å². The predicted octanol–water partition coefficient (Wildman–Crippen LogP) is 6.43. The Hall–Kier alpha value is -4.19. The predicted molar refractivity (Wildman–Crippen MR) is 135 cm³/mol. The van der Waals surface area contributed by atoms with E-state index in [1.54, 1.807) is 31.4 Å². The monoisotopic (exact) mass is 471 g/mol. The van der Waals surface area contributed by atoms with Crippen molar-refractivity contribution >= 4 is 28.2 Å². The fourth-order valence-electron chi connectivity index (χ4n) is 4.06. The first-order valence-electron chi connectivity index (χ1n) is 11.3. The Bertz CT molecular complexity index is 1350. The maximum Gasteiger partial charge on any atom is 0.335 e. The van der Waals surface area contributed by atoms with Gasteiger partial charge in [0.1, 0.15) is 17.3 Å². The summed E-state index contributed by atoms with van der Waals surface area (Å²) in [5.41, 5.74) is 2.54. The number of hydrogen-bond acceptors (Lipinski definition) is 4. The molecular formula is C29H26FNO4. The van der Waals surface area contributed by atoms with Crippen LogP contribution < -0.4 is 10.1 Å². The minimum absolute atomic E-state index is 0.0451. The Labute approximate surface area is 203 Å². The largest absolute Gasteiger partial charge is 0.497 e. The number of carboxylic acid groups (broad SMARTS) is 1. The van der Waals surface area contributed by atoms with Crippen LogP contribution >= 0.6 is 0 Å². The summed E-state index contributed by atoms with van der Waals surface area (Å²) in [7, 11) is 1.64. The number of hydrogen-bond donors (Lipinski definition) is 2. The molecule has 0 aromatic heterocycles. The van der Waals surface area contributed by atoms with E-state index in [2.05, 4.69) is 11.4 Å². The van der Waals surface area contributed by atoms with Crippen LogP contribution in [0.3, 0.4) is 0 Å². The van der Waals surface area contributed by atoms with Gasteiger partial charge in [0.25, 0.3) is 0 Å². The summed E-state index contributed by atoms with van der Waals surface area (Å²) < 4.78 is 19.2. The molecule has 0 spiro atoms. The van der Waals surface area contributed by atoms with Crippen LogP contribution in [0.2, 0.25) is 0 Å². The molecule has 0 radical (unpaired) electrons. The third-order valence-corrected chi connectivity index (χ3v) is 5.96. The average Bonchev–Trinajstić information content (AvgIpc) is 2.87. The molecule has 2 N–H and O–H groups in total. The van der Waals surface area contributed by atoms with E-state index in [4.69, 9.17) is 9.84 Å². The summed E-state index contributed by atoms with van der Waals surface area (Å²) in [4.78, 5) is 24.1. The molecule has 0 fully saturated rings. The smallest absolute Gasteiger partial charge is 0.335 e. The van der Waals surface area contributed by atoms with Gasteiger partial charge in [-0.2, -0.15) is 0 Å². The van der Waals surface area contributed by atoms with Gasteiger partial charge in [-0.05, 0) is 76.9 Å². The molecule has 4 rings (SSSR count). The van der Waals surface area contributed by atoms with Gasteiger partial charge in [0.2, 0.25) is 0 Å². The number of aromatic carboxylic acids is 1. The van der Waals surface area contributed by atoms with Gasteiger partial charge in [0, 0.05) is 18.5 Å². The van der Waals surface area contributed by atoms with Crippen molar-refractivity contribution in [2.24, 2.45) is 0 Å². The van der Waals surface area contributed by atoms with Crippen molar-refractivity contribution in [1.82, 2.24) is 0 Å². The number of halogens is 1. The van der Waals surface area contributed by atoms with E-state index < -0.39 is 12.0 Å². The highest BCUT2D eigenvalue weighted by molar-refractivity contribution is 5.88. The number of ketones is 1. The molecule has 0 amide bonds. The molecule has 0 saturated heterocycles. The van der Waals surface area contributed by atoms with Crippen LogP contribution in [-0.4, -0.2) is 24.0 Å². The van der Waals surface area contributed by atoms with Crippen molar-refractivity contribution in [1.29, 1.82) is 0 Å². The Balaban J connectivity index is 1.45. The Kier molecular flexibility index (Phi) is 7.41. The SMILES string of the molecule is COc1ccc2cc(CCC(=O)CC(Nc3ccc(C(=O)O)cc3)c3cccc(F)c3)ccc2c1. The average molecular weight is 472 g/mol. The lowest BCUT2D eigenvalue weighted by Crippen LogP contribution is -2.16. The summed E-state index contributed by atoms with van der Waals surface area (Å²) in [6.45, 7) is 0. The number of methoxy groups -OCH3 is 1. The van der Waals surface area contributed by atoms with Gasteiger partial charge in [0.15, 0.2) is 0 Å². The second-order valence-corrected chi connectivity index (χ2v) is 8.42. The highest BCUT2D eigenvalue weighted by Gasteiger charge is 2.17. The number of fused-ring (bicyclic) bond motifs is 1. The molecule has 1 unspecified atom stereocenters. The van der Waals surface area contributed by atoms with Gasteiger partial charge in [-0.15, -0.1) is 0 Å². The van der Waals surface area contributed by atoms with Gasteiger partial charge in [-0.3, -0.25) is 4.79 Å². The summed E-state index contributed by atoms with van der Waals surface area (Å²) in [5, 5.41) is 14.5. The minimum atomic E-state index is -1.01. The van der Waals surface area contributed by atoms with E-state index in [1.807, 2.05) is 30.3 Å². The molecule has 0 aliphatic carbocycles. The Morgan fingerprint density at radius 2 is 1.69 bits per heavy atom. The quantitative estimate of drug-likeness (QED) is 0.279. The highest BCUT2D eigenvalue weighted by atomic mass is 19.1.